The number of nitro groups is 1. The first kappa shape index (κ1) is 20.8. The summed E-state index contributed by atoms with van der Waals surface area (Å²) in [6.45, 7) is 1.40. The van der Waals surface area contributed by atoms with Gasteiger partial charge in [0.2, 0.25) is 5.91 Å². The van der Waals surface area contributed by atoms with Gasteiger partial charge in [0.05, 0.1) is 4.92 Å². The smallest absolute Gasteiger partial charge is 0.310 e. The molecule has 1 unspecified atom stereocenters. The van der Waals surface area contributed by atoms with Gasteiger partial charge in [-0.05, 0) is 50.1 Å². The summed E-state index contributed by atoms with van der Waals surface area (Å²) >= 11 is 0. The second kappa shape index (κ2) is 9.03. The van der Waals surface area contributed by atoms with E-state index in [4.69, 9.17) is 4.74 Å². The fourth-order valence-corrected chi connectivity index (χ4v) is 2.54. The van der Waals surface area contributed by atoms with Crippen LogP contribution >= 0.6 is 0 Å². The molecule has 10 heteroatoms. The Morgan fingerprint density at radius 3 is 2.37 bits per heavy atom. The summed E-state index contributed by atoms with van der Waals surface area (Å²) < 4.78 is 5.34. The largest absolute Gasteiger partial charge is 0.474 e. The molecule has 1 aliphatic carbocycles. The van der Waals surface area contributed by atoms with Crippen molar-refractivity contribution in [3.05, 3.63) is 64.2 Å². The fraction of sp³-hybridized carbons (Fsp3) is 0.250. The third-order valence-corrected chi connectivity index (χ3v) is 4.40. The molecule has 1 saturated carbocycles. The minimum absolute atomic E-state index is 0.0351. The van der Waals surface area contributed by atoms with Gasteiger partial charge >= 0.3 is 5.69 Å². The van der Waals surface area contributed by atoms with Crippen LogP contribution in [0, 0.1) is 16.0 Å². The van der Waals surface area contributed by atoms with Gasteiger partial charge in [0, 0.05) is 23.2 Å². The van der Waals surface area contributed by atoms with E-state index in [1.807, 2.05) is 0 Å². The second-order valence-corrected chi connectivity index (χ2v) is 6.77. The highest BCUT2D eigenvalue weighted by Crippen LogP contribution is 2.30. The lowest BCUT2D eigenvalue weighted by Gasteiger charge is -2.15. The Morgan fingerprint density at radius 1 is 1.07 bits per heavy atom. The van der Waals surface area contributed by atoms with Crippen LogP contribution in [0.3, 0.4) is 0 Å². The molecule has 30 heavy (non-hydrogen) atoms. The van der Waals surface area contributed by atoms with E-state index in [9.17, 15) is 24.5 Å². The van der Waals surface area contributed by atoms with E-state index in [0.717, 1.165) is 12.8 Å². The van der Waals surface area contributed by atoms with Gasteiger partial charge in [-0.2, -0.15) is 0 Å². The Kier molecular flexibility index (Phi) is 6.26. The molecule has 1 fully saturated rings. The number of hydrogen-bond donors (Lipinski definition) is 3. The van der Waals surface area contributed by atoms with E-state index in [1.165, 1.54) is 37.3 Å². The number of nitro benzene ring substituents is 1. The first-order valence-electron chi connectivity index (χ1n) is 9.26. The Balaban J connectivity index is 1.50. The number of carbonyl (C=O) groups is 3. The van der Waals surface area contributed by atoms with Crippen molar-refractivity contribution in [2.45, 2.75) is 25.9 Å². The molecular weight excluding hydrogens is 392 g/mol. The standard InChI is InChI=1S/C20H20N4O6/c1-12(30-17-5-3-2-4-16(17)24(28)29)18(25)22-23-20(27)14-8-10-15(11-9-14)21-19(26)13-6-7-13/h2-5,8-13H,6-7H2,1H3,(H,21,26)(H,22,25)(H,23,27). The molecule has 2 aromatic rings. The minimum Gasteiger partial charge on any atom is -0.474 e. The SMILES string of the molecule is CC(Oc1ccccc1[N+](=O)[O-])C(=O)NNC(=O)c1ccc(NC(=O)C2CC2)cc1. The Morgan fingerprint density at radius 2 is 1.73 bits per heavy atom. The Labute approximate surface area is 171 Å². The lowest BCUT2D eigenvalue weighted by Crippen LogP contribution is -2.47. The van der Waals surface area contributed by atoms with E-state index in [0.29, 0.717) is 5.69 Å². The quantitative estimate of drug-likeness (QED) is 0.470. The number of ether oxygens (including phenoxy) is 1. The lowest BCUT2D eigenvalue weighted by atomic mass is 10.2. The molecule has 0 radical (unpaired) electrons. The number of carbonyl (C=O) groups excluding carboxylic acids is 3. The molecule has 0 bridgehead atoms. The molecule has 1 aliphatic rings. The van der Waals surface area contributed by atoms with Crippen LogP contribution in [0.5, 0.6) is 5.75 Å². The van der Waals surface area contributed by atoms with Crippen molar-refractivity contribution >= 4 is 29.1 Å². The van der Waals surface area contributed by atoms with Crippen LogP contribution in [0.1, 0.15) is 30.1 Å². The van der Waals surface area contributed by atoms with Crippen molar-refractivity contribution in [2.75, 3.05) is 5.32 Å². The number of nitrogens with zero attached hydrogens (tertiary/aromatic N) is 1. The summed E-state index contributed by atoms with van der Waals surface area (Å²) in [5.74, 6) is -1.27. The number of nitrogens with one attached hydrogen (secondary N) is 3. The number of benzene rings is 2. The van der Waals surface area contributed by atoms with Crippen molar-refractivity contribution in [1.82, 2.24) is 10.9 Å². The molecule has 3 rings (SSSR count). The summed E-state index contributed by atoms with van der Waals surface area (Å²) in [4.78, 5) is 46.5. The molecule has 1 atom stereocenters. The molecule has 0 heterocycles. The lowest BCUT2D eigenvalue weighted by molar-refractivity contribution is -0.386. The zero-order valence-corrected chi connectivity index (χ0v) is 16.1. The first-order chi connectivity index (χ1) is 14.3. The molecule has 156 valence electrons. The maximum Gasteiger partial charge on any atom is 0.310 e. The van der Waals surface area contributed by atoms with Crippen molar-refractivity contribution in [3.63, 3.8) is 0 Å². The summed E-state index contributed by atoms with van der Waals surface area (Å²) in [6.07, 6.45) is 0.698. The molecular formula is C20H20N4O6. The molecule has 0 spiro atoms. The Hall–Kier alpha value is -3.95. The highest BCUT2D eigenvalue weighted by molar-refractivity contribution is 5.97. The van der Waals surface area contributed by atoms with E-state index < -0.39 is 22.8 Å². The van der Waals surface area contributed by atoms with Crippen LogP contribution < -0.4 is 20.9 Å². The zero-order valence-electron chi connectivity index (χ0n) is 16.1. The molecule has 10 nitrogen and oxygen atoms in total. The third-order valence-electron chi connectivity index (χ3n) is 4.40. The molecule has 2 aromatic carbocycles. The average Bonchev–Trinajstić information content (AvgIpc) is 3.58. The van der Waals surface area contributed by atoms with E-state index in [1.54, 1.807) is 18.2 Å². The molecule has 3 amide bonds. The topological polar surface area (TPSA) is 140 Å². The average molecular weight is 412 g/mol. The predicted molar refractivity (Wildman–Crippen MR) is 107 cm³/mol. The highest BCUT2D eigenvalue weighted by Gasteiger charge is 2.29. The van der Waals surface area contributed by atoms with Gasteiger partial charge in [0.15, 0.2) is 11.9 Å². The van der Waals surface area contributed by atoms with Crippen molar-refractivity contribution in [2.24, 2.45) is 5.92 Å². The van der Waals surface area contributed by atoms with Crippen LogP contribution in [-0.2, 0) is 9.59 Å². The van der Waals surface area contributed by atoms with Gasteiger partial charge in [-0.3, -0.25) is 35.3 Å². The number of anilines is 1. The molecule has 0 aliphatic heterocycles. The van der Waals surface area contributed by atoms with E-state index in [-0.39, 0.29) is 28.8 Å². The van der Waals surface area contributed by atoms with Gasteiger partial charge in [-0.25, -0.2) is 0 Å². The summed E-state index contributed by atoms with van der Waals surface area (Å²) in [5.41, 5.74) is 5.05. The maximum atomic E-state index is 12.2. The monoisotopic (exact) mass is 412 g/mol. The first-order valence-corrected chi connectivity index (χ1v) is 9.26. The minimum atomic E-state index is -1.09. The van der Waals surface area contributed by atoms with Crippen LogP contribution in [0.25, 0.3) is 0 Å². The number of rotatable bonds is 7. The summed E-state index contributed by atoms with van der Waals surface area (Å²) in [7, 11) is 0. The van der Waals surface area contributed by atoms with Crippen molar-refractivity contribution in [1.29, 1.82) is 0 Å². The van der Waals surface area contributed by atoms with Gasteiger partial charge in [-0.1, -0.05) is 12.1 Å². The van der Waals surface area contributed by atoms with Crippen LogP contribution in [-0.4, -0.2) is 28.7 Å². The second-order valence-electron chi connectivity index (χ2n) is 6.77. The van der Waals surface area contributed by atoms with Crippen molar-refractivity contribution < 1.29 is 24.0 Å². The predicted octanol–water partition coefficient (Wildman–Crippen LogP) is 2.17. The van der Waals surface area contributed by atoms with Gasteiger partial charge in [0.1, 0.15) is 0 Å². The Bertz CT molecular complexity index is 972. The van der Waals surface area contributed by atoms with Crippen LogP contribution in [0.15, 0.2) is 48.5 Å². The molecule has 0 aromatic heterocycles. The highest BCUT2D eigenvalue weighted by atomic mass is 16.6. The summed E-state index contributed by atoms with van der Waals surface area (Å²) in [5, 5.41) is 13.8. The molecule has 0 saturated heterocycles. The van der Waals surface area contributed by atoms with E-state index in [2.05, 4.69) is 16.2 Å². The molecule has 3 N–H and O–H groups in total. The number of amides is 3. The maximum absolute atomic E-state index is 12.2. The van der Waals surface area contributed by atoms with Gasteiger partial charge in [-0.15, -0.1) is 0 Å². The van der Waals surface area contributed by atoms with Gasteiger partial charge < -0.3 is 10.1 Å². The number of hydrogen-bond acceptors (Lipinski definition) is 6. The van der Waals surface area contributed by atoms with Crippen molar-refractivity contribution in [3.8, 4) is 5.75 Å². The zero-order chi connectivity index (χ0) is 21.7. The van der Waals surface area contributed by atoms with E-state index >= 15 is 0 Å². The third kappa shape index (κ3) is 5.31. The fourth-order valence-electron chi connectivity index (χ4n) is 2.54. The number of para-hydroxylation sites is 2. The normalized spacial score (nSPS) is 13.6. The van der Waals surface area contributed by atoms with Gasteiger partial charge in [0.25, 0.3) is 11.8 Å². The number of hydrazine groups is 1. The summed E-state index contributed by atoms with van der Waals surface area (Å²) in [6, 6.07) is 11.9. The van der Waals surface area contributed by atoms with Crippen LogP contribution in [0.4, 0.5) is 11.4 Å². The van der Waals surface area contributed by atoms with Crippen LogP contribution in [0.2, 0.25) is 0 Å².